The molecule has 4 rings (SSSR count). The Labute approximate surface area is 151 Å². The van der Waals surface area contributed by atoms with E-state index >= 15 is 0 Å². The summed E-state index contributed by atoms with van der Waals surface area (Å²) >= 11 is 0. The zero-order valence-electron chi connectivity index (χ0n) is 14.5. The fraction of sp³-hybridized carbons (Fsp3) is 0.263. The molecule has 1 aliphatic rings. The van der Waals surface area contributed by atoms with Gasteiger partial charge in [-0.15, -0.1) is 0 Å². The lowest BCUT2D eigenvalue weighted by Crippen LogP contribution is -2.24. The van der Waals surface area contributed by atoms with Crippen molar-refractivity contribution in [3.05, 3.63) is 54.6 Å². The molecule has 1 saturated heterocycles. The van der Waals surface area contributed by atoms with E-state index < -0.39 is 11.9 Å². The Balaban J connectivity index is 1.82. The van der Waals surface area contributed by atoms with E-state index in [9.17, 15) is 4.79 Å². The third kappa shape index (κ3) is 2.91. The van der Waals surface area contributed by atoms with Gasteiger partial charge in [-0.3, -0.25) is 10.2 Å². The van der Waals surface area contributed by atoms with Crippen molar-refractivity contribution in [1.29, 1.82) is 0 Å². The molecule has 134 valence electrons. The van der Waals surface area contributed by atoms with E-state index in [0.717, 1.165) is 35.7 Å². The van der Waals surface area contributed by atoms with Crippen LogP contribution in [0.25, 0.3) is 22.7 Å². The van der Waals surface area contributed by atoms with Crippen LogP contribution < -0.4 is 16.6 Å². The van der Waals surface area contributed by atoms with Crippen LogP contribution >= 0.6 is 0 Å². The van der Waals surface area contributed by atoms with Gasteiger partial charge in [0.1, 0.15) is 17.5 Å². The fourth-order valence-electron chi connectivity index (χ4n) is 3.21. The van der Waals surface area contributed by atoms with Crippen LogP contribution in [0.5, 0.6) is 0 Å². The van der Waals surface area contributed by atoms with Gasteiger partial charge in [0.2, 0.25) is 5.91 Å². The Morgan fingerprint density at radius 1 is 1.31 bits per heavy atom. The molecule has 1 unspecified atom stereocenters. The number of hydrogen-bond donors (Lipinski definition) is 3. The molecule has 0 spiro atoms. The summed E-state index contributed by atoms with van der Waals surface area (Å²) in [6, 6.07) is 13.3. The molecule has 1 amide bonds. The van der Waals surface area contributed by atoms with Crippen molar-refractivity contribution in [2.75, 3.05) is 6.54 Å². The molecule has 1 aromatic carbocycles. The molecule has 3 aromatic rings. The highest BCUT2D eigenvalue weighted by Gasteiger charge is 2.25. The molecule has 3 heterocycles. The number of nitrogens with zero attached hydrogens (tertiary/aromatic N) is 2. The second-order valence-electron chi connectivity index (χ2n) is 6.41. The lowest BCUT2D eigenvalue weighted by Gasteiger charge is -2.13. The van der Waals surface area contributed by atoms with Gasteiger partial charge in [0.05, 0.1) is 18.1 Å². The lowest BCUT2D eigenvalue weighted by molar-refractivity contribution is -0.120. The van der Waals surface area contributed by atoms with Crippen LogP contribution in [0, 0.1) is 0 Å². The number of imidazole rings is 1. The van der Waals surface area contributed by atoms with Gasteiger partial charge in [-0.1, -0.05) is 30.3 Å². The van der Waals surface area contributed by atoms with E-state index in [1.165, 1.54) is 0 Å². The van der Waals surface area contributed by atoms with Gasteiger partial charge in [0.15, 0.2) is 5.76 Å². The number of hydrazine groups is 1. The second kappa shape index (κ2) is 6.78. The third-order valence-electron chi connectivity index (χ3n) is 4.71. The molecule has 7 heteroatoms. The second-order valence-corrected chi connectivity index (χ2v) is 6.41. The molecular formula is C19H21N5O2. The number of carbonyl (C=O) groups excluding carboxylic acids is 1. The van der Waals surface area contributed by atoms with E-state index in [-0.39, 0.29) is 6.04 Å². The van der Waals surface area contributed by atoms with Gasteiger partial charge in [-0.05, 0) is 25.5 Å². The van der Waals surface area contributed by atoms with Crippen molar-refractivity contribution < 1.29 is 9.21 Å². The first kappa shape index (κ1) is 16.6. The number of hydrogen-bond acceptors (Lipinski definition) is 5. The highest BCUT2D eigenvalue weighted by molar-refractivity contribution is 5.81. The quantitative estimate of drug-likeness (QED) is 0.656. The van der Waals surface area contributed by atoms with Crippen molar-refractivity contribution >= 4 is 5.91 Å². The Morgan fingerprint density at radius 2 is 2.12 bits per heavy atom. The van der Waals surface area contributed by atoms with Crippen molar-refractivity contribution in [3.8, 4) is 22.7 Å². The zero-order valence-corrected chi connectivity index (χ0v) is 14.5. The highest BCUT2D eigenvalue weighted by atomic mass is 16.3. The predicted octanol–water partition coefficient (Wildman–Crippen LogP) is 2.40. The standard InChI is InChI=1S/C19H21N5O2/c1-12(19(20)25)24-11-21-17(13-5-3-2-4-6-13)18(24)16-8-7-15(26-16)14-9-10-22-23-14/h2-8,11-12,14,22-23H,9-10H2,1H3,(H2,20,25)/t12-,14?/m1/s1. The molecule has 0 radical (unpaired) electrons. The molecular weight excluding hydrogens is 330 g/mol. The molecule has 0 aliphatic carbocycles. The highest BCUT2D eigenvalue weighted by Crippen LogP contribution is 2.35. The topological polar surface area (TPSA) is 98.1 Å². The summed E-state index contributed by atoms with van der Waals surface area (Å²) < 4.78 is 7.90. The van der Waals surface area contributed by atoms with E-state index in [1.54, 1.807) is 17.8 Å². The van der Waals surface area contributed by atoms with Gasteiger partial charge < -0.3 is 14.7 Å². The van der Waals surface area contributed by atoms with Crippen molar-refractivity contribution in [2.24, 2.45) is 5.73 Å². The number of furan rings is 1. The van der Waals surface area contributed by atoms with Crippen LogP contribution in [0.4, 0.5) is 0 Å². The van der Waals surface area contributed by atoms with Gasteiger partial charge in [0.25, 0.3) is 0 Å². The number of primary amides is 1. The number of nitrogens with one attached hydrogen (secondary N) is 2. The van der Waals surface area contributed by atoms with E-state index in [4.69, 9.17) is 10.2 Å². The van der Waals surface area contributed by atoms with Gasteiger partial charge >= 0.3 is 0 Å². The Morgan fingerprint density at radius 3 is 2.81 bits per heavy atom. The maximum absolute atomic E-state index is 11.8. The fourth-order valence-corrected chi connectivity index (χ4v) is 3.21. The SMILES string of the molecule is C[C@H](C(N)=O)n1cnc(-c2ccccc2)c1-c1ccc(C2CCNN2)o1. The summed E-state index contributed by atoms with van der Waals surface area (Å²) in [7, 11) is 0. The van der Waals surface area contributed by atoms with Gasteiger partial charge in [-0.25, -0.2) is 10.4 Å². The average Bonchev–Trinajstić information content (AvgIpc) is 3.40. The van der Waals surface area contributed by atoms with Crippen molar-refractivity contribution in [1.82, 2.24) is 20.4 Å². The first-order valence-electron chi connectivity index (χ1n) is 8.65. The molecule has 7 nitrogen and oxygen atoms in total. The number of carbonyl (C=O) groups is 1. The molecule has 2 aromatic heterocycles. The third-order valence-corrected chi connectivity index (χ3v) is 4.71. The first-order chi connectivity index (χ1) is 12.6. The summed E-state index contributed by atoms with van der Waals surface area (Å²) in [5.41, 5.74) is 14.3. The minimum atomic E-state index is -0.533. The monoisotopic (exact) mass is 351 g/mol. The summed E-state index contributed by atoms with van der Waals surface area (Å²) in [5, 5.41) is 0. The van der Waals surface area contributed by atoms with Crippen LogP contribution in [0.1, 0.15) is 31.2 Å². The van der Waals surface area contributed by atoms with Gasteiger partial charge in [0, 0.05) is 12.1 Å². The summed E-state index contributed by atoms with van der Waals surface area (Å²) in [4.78, 5) is 16.3. The minimum Gasteiger partial charge on any atom is -0.458 e. The summed E-state index contributed by atoms with van der Waals surface area (Å²) in [6.07, 6.45) is 2.60. The molecule has 4 N–H and O–H groups in total. The number of nitrogens with two attached hydrogens (primary N) is 1. The average molecular weight is 351 g/mol. The largest absolute Gasteiger partial charge is 0.458 e. The molecule has 1 aliphatic heterocycles. The van der Waals surface area contributed by atoms with Crippen molar-refractivity contribution in [3.63, 3.8) is 0 Å². The Hall–Kier alpha value is -2.90. The zero-order chi connectivity index (χ0) is 18.1. The maximum atomic E-state index is 11.8. The van der Waals surface area contributed by atoms with Crippen LogP contribution in [0.15, 0.2) is 53.2 Å². The van der Waals surface area contributed by atoms with Gasteiger partial charge in [-0.2, -0.15) is 0 Å². The molecule has 2 atom stereocenters. The molecule has 0 bridgehead atoms. The molecule has 26 heavy (non-hydrogen) atoms. The maximum Gasteiger partial charge on any atom is 0.240 e. The Bertz CT molecular complexity index is 909. The smallest absolute Gasteiger partial charge is 0.240 e. The number of amides is 1. The lowest BCUT2D eigenvalue weighted by atomic mass is 10.1. The first-order valence-corrected chi connectivity index (χ1v) is 8.65. The Kier molecular flexibility index (Phi) is 4.32. The van der Waals surface area contributed by atoms with Crippen molar-refractivity contribution in [2.45, 2.75) is 25.4 Å². The number of aromatic nitrogens is 2. The van der Waals surface area contributed by atoms with Crippen LogP contribution in [-0.4, -0.2) is 22.0 Å². The normalized spacial score (nSPS) is 18.1. The number of rotatable bonds is 5. The number of benzene rings is 1. The minimum absolute atomic E-state index is 0.133. The van der Waals surface area contributed by atoms with E-state index in [0.29, 0.717) is 5.76 Å². The predicted molar refractivity (Wildman–Crippen MR) is 97.8 cm³/mol. The summed E-state index contributed by atoms with van der Waals surface area (Å²) in [5.74, 6) is 1.10. The molecule has 1 fully saturated rings. The van der Waals surface area contributed by atoms with Crippen LogP contribution in [0.3, 0.4) is 0 Å². The van der Waals surface area contributed by atoms with Crippen LogP contribution in [0.2, 0.25) is 0 Å². The van der Waals surface area contributed by atoms with Crippen LogP contribution in [-0.2, 0) is 4.79 Å². The summed E-state index contributed by atoms with van der Waals surface area (Å²) in [6.45, 7) is 2.65. The van der Waals surface area contributed by atoms with E-state index in [1.807, 2.05) is 42.5 Å². The molecule has 0 saturated carbocycles. The van der Waals surface area contributed by atoms with E-state index in [2.05, 4.69) is 15.8 Å².